The lowest BCUT2D eigenvalue weighted by Crippen LogP contribution is -2.29. The largest absolute Gasteiger partial charge is 0.376 e. The molecular weight excluding hydrogens is 344 g/mol. The predicted octanol–water partition coefficient (Wildman–Crippen LogP) is 3.01. The van der Waals surface area contributed by atoms with Gasteiger partial charge in [0.15, 0.2) is 5.16 Å². The van der Waals surface area contributed by atoms with Gasteiger partial charge in [0.05, 0.1) is 13.2 Å². The summed E-state index contributed by atoms with van der Waals surface area (Å²) in [4.78, 5) is 0. The van der Waals surface area contributed by atoms with Gasteiger partial charge in [-0.05, 0) is 24.9 Å². The number of hydrogen-bond donors (Lipinski definition) is 1. The third-order valence-electron chi connectivity index (χ3n) is 4.10. The highest BCUT2D eigenvalue weighted by atomic mass is 35.5. The molecule has 0 aliphatic carbocycles. The molecule has 1 aromatic heterocycles. The fourth-order valence-corrected chi connectivity index (χ4v) is 3.61. The van der Waals surface area contributed by atoms with Gasteiger partial charge in [-0.2, -0.15) is 0 Å². The van der Waals surface area contributed by atoms with E-state index >= 15 is 0 Å². The van der Waals surface area contributed by atoms with E-state index < -0.39 is 0 Å². The van der Waals surface area contributed by atoms with E-state index in [4.69, 9.17) is 4.74 Å². The average molecular weight is 369 g/mol. The molecule has 1 N–H and O–H groups in total. The van der Waals surface area contributed by atoms with E-state index in [9.17, 15) is 0 Å². The van der Waals surface area contributed by atoms with Gasteiger partial charge >= 0.3 is 0 Å². The molecule has 2 heterocycles. The molecule has 132 valence electrons. The first-order chi connectivity index (χ1) is 11.3. The van der Waals surface area contributed by atoms with Gasteiger partial charge in [-0.1, -0.05) is 42.1 Å². The summed E-state index contributed by atoms with van der Waals surface area (Å²) in [6, 6.07) is 10.3. The monoisotopic (exact) mass is 368 g/mol. The van der Waals surface area contributed by atoms with Crippen LogP contribution in [0.2, 0.25) is 0 Å². The molecule has 1 aliphatic rings. The molecule has 1 atom stereocenters. The van der Waals surface area contributed by atoms with Crippen LogP contribution < -0.4 is 5.32 Å². The number of benzene rings is 1. The maximum Gasteiger partial charge on any atom is 0.191 e. The maximum atomic E-state index is 5.72. The summed E-state index contributed by atoms with van der Waals surface area (Å²) in [6.07, 6.45) is 2.41. The fourth-order valence-electron chi connectivity index (χ4n) is 2.84. The highest BCUT2D eigenvalue weighted by molar-refractivity contribution is 7.99. The Balaban J connectivity index is 0.00000208. The molecular formula is C17H25ClN4OS. The summed E-state index contributed by atoms with van der Waals surface area (Å²) in [5.74, 6) is 2.48. The van der Waals surface area contributed by atoms with Crippen LogP contribution >= 0.6 is 24.2 Å². The van der Waals surface area contributed by atoms with Gasteiger partial charge in [0.1, 0.15) is 5.82 Å². The number of thioether (sulfide) groups is 1. The average Bonchev–Trinajstić information content (AvgIpc) is 2.97. The molecule has 7 heteroatoms. The molecule has 1 aliphatic heterocycles. The van der Waals surface area contributed by atoms with Crippen LogP contribution in [0.1, 0.15) is 30.1 Å². The van der Waals surface area contributed by atoms with Crippen LogP contribution in [-0.4, -0.2) is 40.2 Å². The molecule has 0 amide bonds. The number of hydrogen-bond acceptors (Lipinski definition) is 5. The summed E-state index contributed by atoms with van der Waals surface area (Å²) in [5, 5.41) is 13.2. The SMILES string of the molecule is Cl.Cn1c(SCCOCc2ccccc2)nnc1C1CCCNC1. The predicted molar refractivity (Wildman–Crippen MR) is 99.9 cm³/mol. The van der Waals surface area contributed by atoms with Crippen LogP contribution in [0.4, 0.5) is 0 Å². The molecule has 0 spiro atoms. The Morgan fingerprint density at radius 3 is 2.88 bits per heavy atom. The van der Waals surface area contributed by atoms with Gasteiger partial charge in [0.2, 0.25) is 0 Å². The van der Waals surface area contributed by atoms with Crippen LogP contribution in [0.5, 0.6) is 0 Å². The molecule has 0 saturated carbocycles. The van der Waals surface area contributed by atoms with Gasteiger partial charge in [-0.25, -0.2) is 0 Å². The van der Waals surface area contributed by atoms with Crippen molar-refractivity contribution in [2.75, 3.05) is 25.4 Å². The molecule has 1 unspecified atom stereocenters. The van der Waals surface area contributed by atoms with E-state index in [1.54, 1.807) is 11.8 Å². The molecule has 5 nitrogen and oxygen atoms in total. The van der Waals surface area contributed by atoms with E-state index in [0.717, 1.165) is 29.8 Å². The maximum absolute atomic E-state index is 5.72. The van der Waals surface area contributed by atoms with E-state index in [-0.39, 0.29) is 12.4 Å². The third kappa shape index (κ3) is 5.21. The highest BCUT2D eigenvalue weighted by Crippen LogP contribution is 2.24. The van der Waals surface area contributed by atoms with Crippen molar-refractivity contribution in [1.29, 1.82) is 0 Å². The van der Waals surface area contributed by atoms with Gasteiger partial charge in [-0.3, -0.25) is 0 Å². The lowest BCUT2D eigenvalue weighted by molar-refractivity contribution is 0.136. The number of nitrogens with zero attached hydrogens (tertiary/aromatic N) is 3. The number of aromatic nitrogens is 3. The first-order valence-electron chi connectivity index (χ1n) is 8.19. The van der Waals surface area contributed by atoms with E-state index in [2.05, 4.69) is 39.3 Å². The molecule has 1 fully saturated rings. The number of halogens is 1. The number of piperidine rings is 1. The summed E-state index contributed by atoms with van der Waals surface area (Å²) < 4.78 is 7.85. The standard InChI is InChI=1S/C17H24N4OS.ClH/c1-21-16(15-8-5-9-18-12-15)19-20-17(21)23-11-10-22-13-14-6-3-2-4-7-14;/h2-4,6-7,15,18H,5,8-13H2,1H3;1H. The summed E-state index contributed by atoms with van der Waals surface area (Å²) >= 11 is 1.71. The first kappa shape index (κ1) is 19.2. The Kier molecular flexibility index (Phi) is 8.05. The molecule has 0 bridgehead atoms. The normalized spacial score (nSPS) is 17.5. The quantitative estimate of drug-likeness (QED) is 0.601. The van der Waals surface area contributed by atoms with Crippen molar-refractivity contribution in [3.63, 3.8) is 0 Å². The smallest absolute Gasteiger partial charge is 0.191 e. The van der Waals surface area contributed by atoms with E-state index in [0.29, 0.717) is 19.1 Å². The van der Waals surface area contributed by atoms with Crippen LogP contribution in [0, 0.1) is 0 Å². The van der Waals surface area contributed by atoms with Crippen LogP contribution in [-0.2, 0) is 18.4 Å². The van der Waals surface area contributed by atoms with Gasteiger partial charge in [0.25, 0.3) is 0 Å². The van der Waals surface area contributed by atoms with Gasteiger partial charge < -0.3 is 14.6 Å². The second-order valence-electron chi connectivity index (χ2n) is 5.83. The zero-order valence-corrected chi connectivity index (χ0v) is 15.6. The van der Waals surface area contributed by atoms with Crippen molar-refractivity contribution in [3.05, 3.63) is 41.7 Å². The van der Waals surface area contributed by atoms with Crippen molar-refractivity contribution >= 4 is 24.2 Å². The highest BCUT2D eigenvalue weighted by Gasteiger charge is 2.21. The zero-order chi connectivity index (χ0) is 15.9. The van der Waals surface area contributed by atoms with Crippen molar-refractivity contribution in [2.45, 2.75) is 30.5 Å². The fraction of sp³-hybridized carbons (Fsp3) is 0.529. The molecule has 0 radical (unpaired) electrons. The van der Waals surface area contributed by atoms with E-state index in [1.165, 1.54) is 18.4 Å². The van der Waals surface area contributed by atoms with E-state index in [1.807, 2.05) is 18.2 Å². The molecule has 1 aromatic carbocycles. The van der Waals surface area contributed by atoms with Crippen LogP contribution in [0.15, 0.2) is 35.5 Å². The first-order valence-corrected chi connectivity index (χ1v) is 9.17. The summed E-state index contributed by atoms with van der Waals surface area (Å²) in [5.41, 5.74) is 1.21. The number of rotatable bonds is 7. The summed E-state index contributed by atoms with van der Waals surface area (Å²) in [6.45, 7) is 3.51. The number of nitrogens with one attached hydrogen (secondary N) is 1. The molecule has 1 saturated heterocycles. The minimum absolute atomic E-state index is 0. The lowest BCUT2D eigenvalue weighted by atomic mass is 9.99. The van der Waals surface area contributed by atoms with Gasteiger partial charge in [-0.15, -0.1) is 22.6 Å². The van der Waals surface area contributed by atoms with Crippen molar-refractivity contribution in [1.82, 2.24) is 20.1 Å². The Hall–Kier alpha value is -1.08. The van der Waals surface area contributed by atoms with Crippen molar-refractivity contribution in [3.8, 4) is 0 Å². The molecule has 2 aromatic rings. The van der Waals surface area contributed by atoms with Crippen LogP contribution in [0.25, 0.3) is 0 Å². The van der Waals surface area contributed by atoms with Gasteiger partial charge in [0, 0.05) is 25.3 Å². The minimum atomic E-state index is 0. The number of ether oxygens (including phenoxy) is 1. The van der Waals surface area contributed by atoms with Crippen molar-refractivity contribution in [2.24, 2.45) is 7.05 Å². The molecule has 24 heavy (non-hydrogen) atoms. The molecule has 3 rings (SSSR count). The summed E-state index contributed by atoms with van der Waals surface area (Å²) in [7, 11) is 2.07. The zero-order valence-electron chi connectivity index (χ0n) is 14.0. The third-order valence-corrected chi connectivity index (χ3v) is 5.09. The Labute approximate surface area is 154 Å². The Morgan fingerprint density at radius 2 is 2.12 bits per heavy atom. The Morgan fingerprint density at radius 1 is 1.29 bits per heavy atom. The van der Waals surface area contributed by atoms with Crippen molar-refractivity contribution < 1.29 is 4.74 Å². The topological polar surface area (TPSA) is 52.0 Å². The minimum Gasteiger partial charge on any atom is -0.376 e. The second-order valence-corrected chi connectivity index (χ2v) is 6.89. The Bertz CT molecular complexity index is 602. The lowest BCUT2D eigenvalue weighted by Gasteiger charge is -2.21. The van der Waals surface area contributed by atoms with Crippen LogP contribution in [0.3, 0.4) is 0 Å². The second kappa shape index (κ2) is 10.0.